The summed E-state index contributed by atoms with van der Waals surface area (Å²) in [6.07, 6.45) is 13.5. The van der Waals surface area contributed by atoms with E-state index in [4.69, 9.17) is 14.7 Å². The van der Waals surface area contributed by atoms with E-state index in [1.54, 1.807) is 6.07 Å². The lowest BCUT2D eigenvalue weighted by atomic mass is 9.97. The van der Waals surface area contributed by atoms with Crippen molar-refractivity contribution in [1.82, 2.24) is 4.57 Å². The number of aromatic nitrogens is 1. The van der Waals surface area contributed by atoms with E-state index in [2.05, 4.69) is 41.2 Å². The molecular weight excluding hydrogens is 594 g/mol. The van der Waals surface area contributed by atoms with Gasteiger partial charge in [0.15, 0.2) is 5.84 Å². The van der Waals surface area contributed by atoms with Crippen LogP contribution in [0.2, 0.25) is 0 Å². The number of phenols is 2. The molecule has 2 aromatic carbocycles. The lowest BCUT2D eigenvalue weighted by Gasteiger charge is -2.18. The molecular formula is C42H63N3O3. The minimum atomic E-state index is 0.0784. The summed E-state index contributed by atoms with van der Waals surface area (Å²) in [5.74, 6) is 2.68. The van der Waals surface area contributed by atoms with E-state index >= 15 is 0 Å². The highest BCUT2D eigenvalue weighted by molar-refractivity contribution is 6.13. The van der Waals surface area contributed by atoms with Crippen molar-refractivity contribution in [2.24, 2.45) is 28.9 Å². The molecule has 1 atom stereocenters. The molecule has 1 unspecified atom stereocenters. The first-order chi connectivity index (χ1) is 22.9. The third-order valence-electron chi connectivity index (χ3n) is 9.60. The highest BCUT2D eigenvalue weighted by atomic mass is 16.5. The van der Waals surface area contributed by atoms with Crippen molar-refractivity contribution in [2.45, 2.75) is 120 Å². The molecule has 0 saturated heterocycles. The summed E-state index contributed by atoms with van der Waals surface area (Å²) in [7, 11) is 1.95. The summed E-state index contributed by atoms with van der Waals surface area (Å²) in [5.41, 5.74) is 5.39. The van der Waals surface area contributed by atoms with Crippen molar-refractivity contribution in [3.05, 3.63) is 82.7 Å². The van der Waals surface area contributed by atoms with Crippen LogP contribution in [0.4, 0.5) is 0 Å². The predicted molar refractivity (Wildman–Crippen MR) is 206 cm³/mol. The van der Waals surface area contributed by atoms with Gasteiger partial charge in [0.05, 0.1) is 29.3 Å². The number of aryl methyl sites for hydroxylation is 2. The molecule has 0 fully saturated rings. The Bertz CT molecular complexity index is 1510. The van der Waals surface area contributed by atoms with Crippen LogP contribution in [0.1, 0.15) is 133 Å². The first-order valence-electron chi connectivity index (χ1n) is 18.1. The Morgan fingerprint density at radius 3 is 1.94 bits per heavy atom. The van der Waals surface area contributed by atoms with Gasteiger partial charge < -0.3 is 19.5 Å². The minimum absolute atomic E-state index is 0.0784. The Morgan fingerprint density at radius 1 is 0.792 bits per heavy atom. The normalized spacial score (nSPS) is 12.6. The maximum absolute atomic E-state index is 11.1. The Morgan fingerprint density at radius 2 is 1.38 bits per heavy atom. The lowest BCUT2D eigenvalue weighted by molar-refractivity contribution is 0.231. The number of phenolic OH excluding ortho intramolecular Hbond substituents is 2. The molecule has 0 amide bonds. The van der Waals surface area contributed by atoms with Crippen LogP contribution in [0.25, 0.3) is 5.70 Å². The molecule has 1 heterocycles. The third kappa shape index (κ3) is 11.4. The zero-order valence-electron chi connectivity index (χ0n) is 31.6. The summed E-state index contributed by atoms with van der Waals surface area (Å²) < 4.78 is 8.09. The molecule has 264 valence electrons. The van der Waals surface area contributed by atoms with E-state index in [-0.39, 0.29) is 11.5 Å². The number of hydrogen-bond donors (Lipinski definition) is 2. The predicted octanol–water partition coefficient (Wildman–Crippen LogP) is 11.5. The second kappa shape index (κ2) is 20.5. The largest absolute Gasteiger partial charge is 0.507 e. The molecule has 1 aromatic heterocycles. The van der Waals surface area contributed by atoms with Crippen LogP contribution in [0.3, 0.4) is 0 Å². The number of aliphatic imine (C=N–C) groups is 2. The maximum atomic E-state index is 11.1. The van der Waals surface area contributed by atoms with E-state index in [1.807, 2.05) is 75.8 Å². The monoisotopic (exact) mass is 657 g/mol. The molecule has 3 rings (SSSR count). The van der Waals surface area contributed by atoms with Gasteiger partial charge >= 0.3 is 0 Å². The zero-order valence-corrected chi connectivity index (χ0v) is 31.6. The van der Waals surface area contributed by atoms with Gasteiger partial charge in [0.2, 0.25) is 0 Å². The van der Waals surface area contributed by atoms with Gasteiger partial charge in [-0.1, -0.05) is 98.6 Å². The molecule has 3 aromatic rings. The van der Waals surface area contributed by atoms with E-state index in [1.165, 1.54) is 44.9 Å². The molecule has 0 radical (unpaired) electrons. The Hall–Kier alpha value is -3.80. The van der Waals surface area contributed by atoms with E-state index < -0.39 is 0 Å². The van der Waals surface area contributed by atoms with Crippen LogP contribution in [0.5, 0.6) is 17.2 Å². The van der Waals surface area contributed by atoms with Gasteiger partial charge in [0.1, 0.15) is 17.2 Å². The summed E-state index contributed by atoms with van der Waals surface area (Å²) in [5, 5.41) is 22.1. The van der Waals surface area contributed by atoms with Gasteiger partial charge in [-0.05, 0) is 87.4 Å². The van der Waals surface area contributed by atoms with Gasteiger partial charge in [-0.25, -0.2) is 9.98 Å². The average molecular weight is 658 g/mol. The van der Waals surface area contributed by atoms with Gasteiger partial charge in [-0.15, -0.1) is 0 Å². The van der Waals surface area contributed by atoms with Crippen LogP contribution in [0.15, 0.2) is 59.2 Å². The molecule has 0 bridgehead atoms. The smallest absolute Gasteiger partial charge is 0.163 e. The number of hydrogen-bond acceptors (Lipinski definition) is 4. The highest BCUT2D eigenvalue weighted by Crippen LogP contribution is 2.36. The molecule has 0 aliphatic heterocycles. The molecule has 0 aliphatic rings. The number of nitrogens with zero attached hydrogens (tertiary/aromatic N) is 3. The molecule has 0 spiro atoms. The Kier molecular flexibility index (Phi) is 17.3. The summed E-state index contributed by atoms with van der Waals surface area (Å²) >= 11 is 0. The zero-order chi connectivity index (χ0) is 35.8. The second-order valence-electron chi connectivity index (χ2n) is 13.1. The lowest BCUT2D eigenvalue weighted by Crippen LogP contribution is -2.12. The van der Waals surface area contributed by atoms with E-state index in [9.17, 15) is 10.2 Å². The van der Waals surface area contributed by atoms with Crippen LogP contribution in [-0.2, 0) is 7.05 Å². The average Bonchev–Trinajstić information content (AvgIpc) is 3.52. The van der Waals surface area contributed by atoms with Gasteiger partial charge in [0, 0.05) is 24.4 Å². The topological polar surface area (TPSA) is 79.3 Å². The maximum Gasteiger partial charge on any atom is 0.163 e. The fourth-order valence-electron chi connectivity index (χ4n) is 5.73. The van der Waals surface area contributed by atoms with Crippen molar-refractivity contribution in [2.75, 3.05) is 6.61 Å². The van der Waals surface area contributed by atoms with Crippen molar-refractivity contribution < 1.29 is 14.9 Å². The van der Waals surface area contributed by atoms with Crippen molar-refractivity contribution in [3.8, 4) is 17.2 Å². The van der Waals surface area contributed by atoms with E-state index in [0.717, 1.165) is 41.3 Å². The Labute approximate surface area is 291 Å². The summed E-state index contributed by atoms with van der Waals surface area (Å²) in [4.78, 5) is 9.56. The molecule has 6 nitrogen and oxygen atoms in total. The van der Waals surface area contributed by atoms with Gasteiger partial charge in [-0.3, -0.25) is 0 Å². The fourth-order valence-corrected chi connectivity index (χ4v) is 5.73. The van der Waals surface area contributed by atoms with Crippen LogP contribution in [-0.4, -0.2) is 32.9 Å². The SMILES string of the molecule is C=C(N=C(N=C(C)c1cccn1C)c1ccc(C)c(C)c1O)c1ccc(OCC(CC)CCCC)c(C)c1O.CCCCC(CC)CC. The first kappa shape index (κ1) is 40.4. The van der Waals surface area contributed by atoms with Crippen LogP contribution >= 0.6 is 0 Å². The number of benzene rings is 2. The Balaban J connectivity index is 0.000000778. The number of unbranched alkanes of at least 4 members (excludes halogenated alkanes) is 2. The first-order valence-corrected chi connectivity index (χ1v) is 18.1. The molecule has 0 saturated carbocycles. The van der Waals surface area contributed by atoms with Crippen LogP contribution in [0, 0.1) is 32.6 Å². The fraction of sp³-hybridized carbons (Fsp3) is 0.524. The third-order valence-corrected chi connectivity index (χ3v) is 9.60. The summed E-state index contributed by atoms with van der Waals surface area (Å²) in [6.45, 7) is 23.6. The second-order valence-corrected chi connectivity index (χ2v) is 13.1. The minimum Gasteiger partial charge on any atom is -0.507 e. The molecule has 0 aliphatic carbocycles. The van der Waals surface area contributed by atoms with Crippen LogP contribution < -0.4 is 4.74 Å². The number of amidine groups is 1. The number of rotatable bonds is 16. The molecule has 2 N–H and O–H groups in total. The van der Waals surface area contributed by atoms with Crippen molar-refractivity contribution in [1.29, 1.82) is 0 Å². The molecule has 6 heteroatoms. The standard InChI is InChI=1S/C33H43N3O3.C9H20/c1-9-11-13-26(10-2)20-39-30-18-17-27(32(38)23(30)5)24(6)34-33(28-16-15-21(3)22(4)31(28)37)35-25(7)29-14-12-19-36(29)8;1-4-7-8-9(5-2)6-3/h12,14-19,26,37-38H,6,9-11,13,20H2,1-5,7-8H3;9H,4-8H2,1-3H3. The highest BCUT2D eigenvalue weighted by Gasteiger charge is 2.18. The van der Waals surface area contributed by atoms with Gasteiger partial charge in [0.25, 0.3) is 0 Å². The quantitative estimate of drug-likeness (QED) is 0.119. The summed E-state index contributed by atoms with van der Waals surface area (Å²) in [6, 6.07) is 11.3. The number of ether oxygens (including phenoxy) is 1. The molecule has 48 heavy (non-hydrogen) atoms. The number of aromatic hydroxyl groups is 2. The van der Waals surface area contributed by atoms with Gasteiger partial charge in [-0.2, -0.15) is 0 Å². The van der Waals surface area contributed by atoms with E-state index in [0.29, 0.717) is 46.5 Å². The van der Waals surface area contributed by atoms with Crippen molar-refractivity contribution >= 4 is 17.2 Å². The van der Waals surface area contributed by atoms with Crippen molar-refractivity contribution in [3.63, 3.8) is 0 Å².